The van der Waals surface area contributed by atoms with Gasteiger partial charge in [0.1, 0.15) is 16.6 Å². The second-order valence-electron chi connectivity index (χ2n) is 4.53. The quantitative estimate of drug-likeness (QED) is 0.670. The van der Waals surface area contributed by atoms with E-state index in [0.717, 1.165) is 17.1 Å². The van der Waals surface area contributed by atoms with Gasteiger partial charge in [0.15, 0.2) is 0 Å². The summed E-state index contributed by atoms with van der Waals surface area (Å²) in [6.07, 6.45) is 0.825. The number of nitrogens with zero attached hydrogens (tertiary/aromatic N) is 3. The van der Waals surface area contributed by atoms with Crippen LogP contribution in [0.4, 0.5) is 11.4 Å². The molecule has 2 aromatic rings. The Morgan fingerprint density at radius 1 is 1.57 bits per heavy atom. The van der Waals surface area contributed by atoms with Crippen molar-refractivity contribution in [3.63, 3.8) is 0 Å². The highest BCUT2D eigenvalue weighted by Gasteiger charge is 2.17. The Kier molecular flexibility index (Phi) is 4.50. The van der Waals surface area contributed by atoms with Crippen LogP contribution in [-0.2, 0) is 0 Å². The molecule has 0 unspecified atom stereocenters. The van der Waals surface area contributed by atoms with E-state index in [1.165, 1.54) is 12.1 Å². The van der Waals surface area contributed by atoms with Crippen LogP contribution in [0.1, 0.15) is 35.7 Å². The largest absolute Gasteiger partial charge is 0.376 e. The summed E-state index contributed by atoms with van der Waals surface area (Å²) in [5.74, 6) is 0. The molecule has 0 radical (unpaired) electrons. The van der Waals surface area contributed by atoms with Gasteiger partial charge in [-0.3, -0.25) is 10.1 Å². The molecule has 0 amide bonds. The van der Waals surface area contributed by atoms with Gasteiger partial charge in [0, 0.05) is 22.8 Å². The predicted octanol–water partition coefficient (Wildman–Crippen LogP) is 3.79. The number of aromatic nitrogens is 1. The van der Waals surface area contributed by atoms with Crippen LogP contribution in [-0.4, -0.2) is 9.91 Å². The fourth-order valence-electron chi connectivity index (χ4n) is 1.95. The van der Waals surface area contributed by atoms with E-state index in [9.17, 15) is 10.1 Å². The molecular formula is C14H14N4O2S. The van der Waals surface area contributed by atoms with Crippen LogP contribution >= 0.6 is 11.3 Å². The molecule has 0 saturated heterocycles. The Balaban J connectivity index is 2.26. The molecule has 1 aromatic carbocycles. The summed E-state index contributed by atoms with van der Waals surface area (Å²) >= 11 is 1.57. The first-order chi connectivity index (χ1) is 10.0. The summed E-state index contributed by atoms with van der Waals surface area (Å²) in [7, 11) is 0. The minimum atomic E-state index is -0.552. The molecule has 0 aliphatic heterocycles. The van der Waals surface area contributed by atoms with Crippen molar-refractivity contribution in [1.29, 1.82) is 5.26 Å². The lowest BCUT2D eigenvalue weighted by Crippen LogP contribution is -2.09. The van der Waals surface area contributed by atoms with Crippen molar-refractivity contribution in [1.82, 2.24) is 4.98 Å². The second-order valence-corrected chi connectivity index (χ2v) is 5.42. The maximum Gasteiger partial charge on any atom is 0.287 e. The van der Waals surface area contributed by atoms with Gasteiger partial charge in [0.05, 0.1) is 11.0 Å². The average molecular weight is 302 g/mol. The van der Waals surface area contributed by atoms with Crippen molar-refractivity contribution in [2.24, 2.45) is 0 Å². The topological polar surface area (TPSA) is 91.9 Å². The highest BCUT2D eigenvalue weighted by Crippen LogP contribution is 2.28. The van der Waals surface area contributed by atoms with E-state index in [0.29, 0.717) is 5.69 Å². The summed E-state index contributed by atoms with van der Waals surface area (Å²) < 4.78 is 0. The molecule has 1 heterocycles. The lowest BCUT2D eigenvalue weighted by Gasteiger charge is -2.16. The molecule has 7 heteroatoms. The van der Waals surface area contributed by atoms with Crippen LogP contribution in [0.3, 0.4) is 0 Å². The Morgan fingerprint density at radius 2 is 2.33 bits per heavy atom. The van der Waals surface area contributed by atoms with E-state index in [4.69, 9.17) is 5.26 Å². The molecule has 0 fully saturated rings. The molecule has 6 nitrogen and oxygen atoms in total. The third-order valence-corrected chi connectivity index (χ3v) is 4.07. The molecule has 0 spiro atoms. The number of nitro benzene ring substituents is 1. The molecule has 108 valence electrons. The number of anilines is 1. The molecule has 1 atom stereocenters. The summed E-state index contributed by atoms with van der Waals surface area (Å²) in [6, 6.07) is 6.34. The Labute approximate surface area is 126 Å². The molecule has 2 rings (SSSR count). The smallest absolute Gasteiger partial charge is 0.287 e. The zero-order chi connectivity index (χ0) is 15.4. The van der Waals surface area contributed by atoms with Crippen LogP contribution in [0.25, 0.3) is 0 Å². The number of aryl methyl sites for hydroxylation is 1. The van der Waals surface area contributed by atoms with Crippen molar-refractivity contribution in [3.8, 4) is 6.07 Å². The van der Waals surface area contributed by atoms with Crippen LogP contribution in [0.5, 0.6) is 0 Å². The number of thiazole rings is 1. The highest BCUT2D eigenvalue weighted by atomic mass is 32.1. The van der Waals surface area contributed by atoms with E-state index in [2.05, 4.69) is 10.3 Å². The van der Waals surface area contributed by atoms with E-state index in [1.54, 1.807) is 17.4 Å². The number of hydrogen-bond donors (Lipinski definition) is 1. The fourth-order valence-corrected chi connectivity index (χ4v) is 2.88. The first-order valence-corrected chi connectivity index (χ1v) is 7.30. The maximum absolute atomic E-state index is 10.8. The van der Waals surface area contributed by atoms with Gasteiger partial charge in [-0.1, -0.05) is 6.92 Å². The van der Waals surface area contributed by atoms with Gasteiger partial charge in [-0.2, -0.15) is 5.26 Å². The Morgan fingerprint density at radius 3 is 2.86 bits per heavy atom. The normalized spacial score (nSPS) is 11.7. The first-order valence-electron chi connectivity index (χ1n) is 6.42. The summed E-state index contributed by atoms with van der Waals surface area (Å²) in [5.41, 5.74) is 1.52. The average Bonchev–Trinajstić information content (AvgIpc) is 2.90. The van der Waals surface area contributed by atoms with Crippen molar-refractivity contribution < 1.29 is 4.92 Å². The summed E-state index contributed by atoms with van der Waals surface area (Å²) in [6.45, 7) is 3.97. The molecular weight excluding hydrogens is 288 g/mol. The molecule has 1 aromatic heterocycles. The van der Waals surface area contributed by atoms with Gasteiger partial charge in [0.25, 0.3) is 5.69 Å². The number of hydrogen-bond acceptors (Lipinski definition) is 6. The molecule has 0 aliphatic carbocycles. The van der Waals surface area contributed by atoms with Gasteiger partial charge in [-0.05, 0) is 25.5 Å². The van der Waals surface area contributed by atoms with E-state index in [1.807, 2.05) is 25.3 Å². The van der Waals surface area contributed by atoms with Crippen LogP contribution in [0, 0.1) is 28.4 Å². The predicted molar refractivity (Wildman–Crippen MR) is 81.3 cm³/mol. The zero-order valence-corrected chi connectivity index (χ0v) is 12.5. The number of rotatable bonds is 5. The lowest BCUT2D eigenvalue weighted by molar-refractivity contribution is -0.385. The fraction of sp³-hybridized carbons (Fsp3) is 0.286. The zero-order valence-electron chi connectivity index (χ0n) is 11.7. The van der Waals surface area contributed by atoms with Crippen molar-refractivity contribution in [2.45, 2.75) is 26.3 Å². The molecule has 0 aliphatic rings. The Hall–Kier alpha value is -2.46. The van der Waals surface area contributed by atoms with Crippen LogP contribution in [0.2, 0.25) is 0 Å². The lowest BCUT2D eigenvalue weighted by atomic mass is 10.1. The minimum absolute atomic E-state index is 0.0247. The summed E-state index contributed by atoms with van der Waals surface area (Å²) in [4.78, 5) is 14.7. The second kappa shape index (κ2) is 6.33. The van der Waals surface area contributed by atoms with E-state index in [-0.39, 0.29) is 17.3 Å². The van der Waals surface area contributed by atoms with Crippen molar-refractivity contribution >= 4 is 22.7 Å². The van der Waals surface area contributed by atoms with Crippen molar-refractivity contribution in [3.05, 3.63) is 50.0 Å². The van der Waals surface area contributed by atoms with E-state index < -0.39 is 4.92 Å². The molecule has 0 bridgehead atoms. The number of nitriles is 1. The number of benzene rings is 1. The molecule has 1 N–H and O–H groups in total. The van der Waals surface area contributed by atoms with Gasteiger partial charge >= 0.3 is 0 Å². The molecule has 21 heavy (non-hydrogen) atoms. The monoisotopic (exact) mass is 302 g/mol. The third-order valence-electron chi connectivity index (χ3n) is 3.00. The van der Waals surface area contributed by atoms with E-state index >= 15 is 0 Å². The minimum Gasteiger partial charge on any atom is -0.376 e. The molecule has 0 saturated carbocycles. The van der Waals surface area contributed by atoms with Gasteiger partial charge in [-0.25, -0.2) is 4.98 Å². The van der Waals surface area contributed by atoms with Crippen LogP contribution < -0.4 is 5.32 Å². The maximum atomic E-state index is 10.8. The van der Waals surface area contributed by atoms with Gasteiger partial charge in [-0.15, -0.1) is 11.3 Å². The first kappa shape index (κ1) is 14.9. The summed E-state index contributed by atoms with van der Waals surface area (Å²) in [5, 5.41) is 26.1. The van der Waals surface area contributed by atoms with Gasteiger partial charge in [0.2, 0.25) is 0 Å². The Bertz CT molecular complexity index is 705. The third kappa shape index (κ3) is 3.35. The van der Waals surface area contributed by atoms with Crippen molar-refractivity contribution in [2.75, 3.05) is 5.32 Å². The highest BCUT2D eigenvalue weighted by molar-refractivity contribution is 7.09. The van der Waals surface area contributed by atoms with Gasteiger partial charge < -0.3 is 5.32 Å². The number of nitro groups is 1. The standard InChI is InChI=1S/C14H14N4O2S/c1-3-12(14-16-9(2)8-21-14)17-11-4-5-13(18(19)20)10(6-11)7-15/h4-6,8,12,17H,3H2,1-2H3/t12-/m1/s1. The van der Waals surface area contributed by atoms with Crippen LogP contribution in [0.15, 0.2) is 23.6 Å². The SMILES string of the molecule is CC[C@@H](Nc1ccc([N+](=O)[O-])c(C#N)c1)c1nc(C)cs1. The number of nitrogens with one attached hydrogen (secondary N) is 1.